The Bertz CT molecular complexity index is 218. The molecule has 0 N–H and O–H groups in total. The maximum atomic E-state index is 11.1. The molecule has 1 saturated heterocycles. The van der Waals surface area contributed by atoms with Crippen molar-refractivity contribution in [3.63, 3.8) is 0 Å². The van der Waals surface area contributed by atoms with Crippen LogP contribution in [0.15, 0.2) is 0 Å². The predicted molar refractivity (Wildman–Crippen MR) is 75.6 cm³/mol. The number of piperidine rings is 1. The quantitative estimate of drug-likeness (QED) is 0.302. The molecule has 1 heterocycles. The van der Waals surface area contributed by atoms with E-state index >= 15 is 0 Å². The van der Waals surface area contributed by atoms with Gasteiger partial charge in [-0.25, -0.2) is 0 Å². The Hall–Kier alpha value is 0.120. The number of hydrogen-bond acceptors (Lipinski definition) is 4. The van der Waals surface area contributed by atoms with Gasteiger partial charge in [-0.05, 0) is 32.9 Å². The molecule has 1 atom stereocenters. The van der Waals surface area contributed by atoms with Crippen LogP contribution in [0.5, 0.6) is 0 Å². The Morgan fingerprint density at radius 3 is 2.59 bits per heavy atom. The number of rotatable bonds is 7. The molecule has 0 aromatic heterocycles. The maximum absolute atomic E-state index is 11.1. The van der Waals surface area contributed by atoms with Crippen LogP contribution in [0, 0.1) is 0 Å². The molecule has 100 valence electrons. The van der Waals surface area contributed by atoms with E-state index in [2.05, 4.69) is 4.90 Å². The highest BCUT2D eigenvalue weighted by Gasteiger charge is 2.10. The van der Waals surface area contributed by atoms with E-state index in [1.165, 1.54) is 32.4 Å². The molecule has 1 fully saturated rings. The third-order valence-corrected chi connectivity index (χ3v) is 3.31. The summed E-state index contributed by atoms with van der Waals surface area (Å²) in [5.41, 5.74) is 0. The summed E-state index contributed by atoms with van der Waals surface area (Å²) in [7, 11) is 0. The van der Waals surface area contributed by atoms with Crippen molar-refractivity contribution in [2.75, 3.05) is 39.5 Å². The van der Waals surface area contributed by atoms with Gasteiger partial charge in [0, 0.05) is 6.54 Å². The number of esters is 1. The van der Waals surface area contributed by atoms with Gasteiger partial charge in [0.05, 0.1) is 13.2 Å². The molecule has 17 heavy (non-hydrogen) atoms. The molecule has 1 aliphatic heterocycles. The van der Waals surface area contributed by atoms with Gasteiger partial charge in [0.2, 0.25) is 0 Å². The van der Waals surface area contributed by atoms with Gasteiger partial charge in [-0.3, -0.25) is 4.79 Å². The molecule has 0 saturated carbocycles. The Labute approximate surface area is 117 Å². The van der Waals surface area contributed by atoms with Gasteiger partial charge in [-0.15, -0.1) is 0 Å². The topological polar surface area (TPSA) is 38.8 Å². The molecule has 0 amide bonds. The fourth-order valence-electron chi connectivity index (χ4n) is 1.79. The normalized spacial score (nSPS) is 18.9. The third kappa shape index (κ3) is 7.21. The van der Waals surface area contributed by atoms with E-state index in [9.17, 15) is 4.79 Å². The molecular weight excluding hydrogens is 333 g/mol. The lowest BCUT2D eigenvalue weighted by atomic mass is 10.1. The number of hydrogen-bond donors (Lipinski definition) is 0. The van der Waals surface area contributed by atoms with Gasteiger partial charge in [0.15, 0.2) is 0 Å². The summed E-state index contributed by atoms with van der Waals surface area (Å²) in [5.74, 6) is -0.162. The highest BCUT2D eigenvalue weighted by atomic mass is 127. The summed E-state index contributed by atoms with van der Waals surface area (Å²) in [4.78, 5) is 13.6. The number of likely N-dealkylation sites (tertiary alicyclic amines) is 1. The minimum Gasteiger partial charge on any atom is -0.462 e. The lowest BCUT2D eigenvalue weighted by Crippen LogP contribution is -2.33. The van der Waals surface area contributed by atoms with E-state index in [-0.39, 0.29) is 9.89 Å². The SMILES string of the molecule is CC(I)C(=O)OCCOCCN1CCCCC1. The van der Waals surface area contributed by atoms with Gasteiger partial charge >= 0.3 is 5.97 Å². The minimum absolute atomic E-state index is 0.0825. The number of nitrogens with zero attached hydrogens (tertiary/aromatic N) is 1. The predicted octanol–water partition coefficient (Wildman–Crippen LogP) is 1.86. The first-order valence-electron chi connectivity index (χ1n) is 6.31. The lowest BCUT2D eigenvalue weighted by Gasteiger charge is -2.26. The van der Waals surface area contributed by atoms with Crippen LogP contribution < -0.4 is 0 Å². The van der Waals surface area contributed by atoms with Crippen LogP contribution in [0.1, 0.15) is 26.2 Å². The zero-order chi connectivity index (χ0) is 12.5. The minimum atomic E-state index is -0.162. The van der Waals surface area contributed by atoms with Crippen molar-refractivity contribution < 1.29 is 14.3 Å². The number of alkyl halides is 1. The van der Waals surface area contributed by atoms with Crippen molar-refractivity contribution >= 4 is 28.6 Å². The van der Waals surface area contributed by atoms with Crippen molar-refractivity contribution in [3.05, 3.63) is 0 Å². The highest BCUT2D eigenvalue weighted by Crippen LogP contribution is 2.07. The highest BCUT2D eigenvalue weighted by molar-refractivity contribution is 14.1. The molecule has 4 nitrogen and oxygen atoms in total. The van der Waals surface area contributed by atoms with E-state index < -0.39 is 0 Å². The second-order valence-corrected chi connectivity index (χ2v) is 6.17. The second kappa shape index (κ2) is 9.10. The summed E-state index contributed by atoms with van der Waals surface area (Å²) in [6.45, 7) is 6.82. The molecule has 0 aromatic carbocycles. The van der Waals surface area contributed by atoms with Crippen molar-refractivity contribution in [2.24, 2.45) is 0 Å². The Balaban J connectivity index is 1.88. The number of carbonyl (C=O) groups is 1. The Morgan fingerprint density at radius 2 is 1.94 bits per heavy atom. The Morgan fingerprint density at radius 1 is 1.24 bits per heavy atom. The molecule has 0 radical (unpaired) electrons. The van der Waals surface area contributed by atoms with E-state index in [0.29, 0.717) is 13.2 Å². The van der Waals surface area contributed by atoms with Crippen LogP contribution in [-0.2, 0) is 14.3 Å². The largest absolute Gasteiger partial charge is 0.462 e. The van der Waals surface area contributed by atoms with E-state index in [1.54, 1.807) is 0 Å². The van der Waals surface area contributed by atoms with E-state index in [1.807, 2.05) is 29.5 Å². The fourth-order valence-corrected chi connectivity index (χ4v) is 1.97. The zero-order valence-corrected chi connectivity index (χ0v) is 12.6. The van der Waals surface area contributed by atoms with Gasteiger partial charge in [0.25, 0.3) is 0 Å². The summed E-state index contributed by atoms with van der Waals surface area (Å²) in [6.07, 6.45) is 3.98. The van der Waals surface area contributed by atoms with Crippen molar-refractivity contribution in [2.45, 2.75) is 30.1 Å². The van der Waals surface area contributed by atoms with Crippen LogP contribution >= 0.6 is 22.6 Å². The first-order chi connectivity index (χ1) is 8.20. The van der Waals surface area contributed by atoms with Gasteiger partial charge in [-0.2, -0.15) is 0 Å². The average molecular weight is 355 g/mol. The molecule has 5 heteroatoms. The second-order valence-electron chi connectivity index (χ2n) is 4.30. The lowest BCUT2D eigenvalue weighted by molar-refractivity contribution is -0.143. The van der Waals surface area contributed by atoms with Gasteiger partial charge in [-0.1, -0.05) is 29.0 Å². The molecule has 0 aliphatic carbocycles. The van der Waals surface area contributed by atoms with Gasteiger partial charge in [0.1, 0.15) is 10.5 Å². The van der Waals surface area contributed by atoms with Crippen LogP contribution in [0.2, 0.25) is 0 Å². The summed E-state index contributed by atoms with van der Waals surface area (Å²) >= 11 is 2.04. The smallest absolute Gasteiger partial charge is 0.318 e. The number of carbonyl (C=O) groups excluding carboxylic acids is 1. The summed E-state index contributed by atoms with van der Waals surface area (Å²) < 4.78 is 10.4. The van der Waals surface area contributed by atoms with Gasteiger partial charge < -0.3 is 14.4 Å². The molecule has 1 aliphatic rings. The first-order valence-corrected chi connectivity index (χ1v) is 7.55. The zero-order valence-electron chi connectivity index (χ0n) is 10.5. The monoisotopic (exact) mass is 355 g/mol. The summed E-state index contributed by atoms with van der Waals surface area (Å²) in [5, 5.41) is 0. The average Bonchev–Trinajstić information content (AvgIpc) is 2.34. The van der Waals surface area contributed by atoms with Crippen molar-refractivity contribution in [1.82, 2.24) is 4.90 Å². The standard InChI is InChI=1S/C12H22INO3/c1-11(13)12(15)17-10-9-16-8-7-14-5-3-2-4-6-14/h11H,2-10H2,1H3. The van der Waals surface area contributed by atoms with Crippen LogP contribution in [-0.4, -0.2) is 54.2 Å². The molecule has 0 bridgehead atoms. The molecule has 0 aromatic rings. The number of halogens is 1. The van der Waals surface area contributed by atoms with E-state index in [4.69, 9.17) is 9.47 Å². The van der Waals surface area contributed by atoms with E-state index in [0.717, 1.165) is 13.2 Å². The maximum Gasteiger partial charge on any atom is 0.318 e. The molecule has 0 spiro atoms. The van der Waals surface area contributed by atoms with Crippen LogP contribution in [0.3, 0.4) is 0 Å². The molecule has 1 unspecified atom stereocenters. The fraction of sp³-hybridized carbons (Fsp3) is 0.917. The van der Waals surface area contributed by atoms with Crippen LogP contribution in [0.25, 0.3) is 0 Å². The Kier molecular flexibility index (Phi) is 8.13. The van der Waals surface area contributed by atoms with Crippen molar-refractivity contribution in [3.8, 4) is 0 Å². The molecule has 1 rings (SSSR count). The first kappa shape index (κ1) is 15.2. The molecular formula is C12H22INO3. The third-order valence-electron chi connectivity index (χ3n) is 2.80. The van der Waals surface area contributed by atoms with Crippen molar-refractivity contribution in [1.29, 1.82) is 0 Å². The van der Waals surface area contributed by atoms with Crippen LogP contribution in [0.4, 0.5) is 0 Å². The number of ether oxygens (including phenoxy) is 2. The summed E-state index contributed by atoms with van der Waals surface area (Å²) in [6, 6.07) is 0.